The van der Waals surface area contributed by atoms with Crippen molar-refractivity contribution in [3.8, 4) is 0 Å². The standard InChI is InChI=1S/C14H18FN3O/c1-4-13(14-9(2)18-19-10(14)3)17-7-11-5-12(15)8-16-6-11/h5-6,8,13,17H,4,7H2,1-3H3/t13-/m1/s1. The monoisotopic (exact) mass is 263 g/mol. The Morgan fingerprint density at radius 3 is 2.74 bits per heavy atom. The molecule has 0 fully saturated rings. The predicted octanol–water partition coefficient (Wildman–Crippen LogP) is 3.07. The van der Waals surface area contributed by atoms with Crippen LogP contribution in [0.4, 0.5) is 4.39 Å². The number of hydrogen-bond acceptors (Lipinski definition) is 4. The Morgan fingerprint density at radius 1 is 1.37 bits per heavy atom. The highest BCUT2D eigenvalue weighted by Crippen LogP contribution is 2.24. The van der Waals surface area contributed by atoms with Crippen LogP contribution in [0.5, 0.6) is 0 Å². The van der Waals surface area contributed by atoms with Gasteiger partial charge in [0.05, 0.1) is 11.9 Å². The van der Waals surface area contributed by atoms with Crippen molar-refractivity contribution < 1.29 is 8.91 Å². The first kappa shape index (κ1) is 13.7. The summed E-state index contributed by atoms with van der Waals surface area (Å²) in [5.41, 5.74) is 2.81. The molecule has 0 amide bonds. The van der Waals surface area contributed by atoms with Gasteiger partial charge in [-0.1, -0.05) is 12.1 Å². The van der Waals surface area contributed by atoms with Crippen molar-refractivity contribution in [2.24, 2.45) is 0 Å². The lowest BCUT2D eigenvalue weighted by Gasteiger charge is -2.16. The van der Waals surface area contributed by atoms with E-state index in [1.54, 1.807) is 6.20 Å². The minimum absolute atomic E-state index is 0.148. The molecule has 19 heavy (non-hydrogen) atoms. The number of halogens is 1. The van der Waals surface area contributed by atoms with Crippen LogP contribution in [-0.4, -0.2) is 10.1 Å². The van der Waals surface area contributed by atoms with Crippen LogP contribution in [-0.2, 0) is 6.54 Å². The van der Waals surface area contributed by atoms with E-state index in [1.165, 1.54) is 12.3 Å². The summed E-state index contributed by atoms with van der Waals surface area (Å²) in [4.78, 5) is 3.84. The smallest absolute Gasteiger partial charge is 0.141 e. The normalized spacial score (nSPS) is 12.6. The van der Waals surface area contributed by atoms with Crippen molar-refractivity contribution >= 4 is 0 Å². The van der Waals surface area contributed by atoms with Crippen molar-refractivity contribution in [1.82, 2.24) is 15.5 Å². The molecule has 2 heterocycles. The third-order valence-electron chi connectivity index (χ3n) is 3.16. The summed E-state index contributed by atoms with van der Waals surface area (Å²) < 4.78 is 18.2. The summed E-state index contributed by atoms with van der Waals surface area (Å²) in [5, 5.41) is 7.36. The van der Waals surface area contributed by atoms with Gasteiger partial charge in [-0.3, -0.25) is 4.98 Å². The Labute approximate surface area is 112 Å². The molecule has 102 valence electrons. The fraction of sp³-hybridized carbons (Fsp3) is 0.429. The maximum Gasteiger partial charge on any atom is 0.141 e. The fourth-order valence-electron chi connectivity index (χ4n) is 2.23. The predicted molar refractivity (Wildman–Crippen MR) is 70.0 cm³/mol. The maximum atomic E-state index is 13.1. The Morgan fingerprint density at radius 2 is 2.16 bits per heavy atom. The van der Waals surface area contributed by atoms with Crippen LogP contribution in [0.1, 0.15) is 42.0 Å². The van der Waals surface area contributed by atoms with Gasteiger partial charge in [0, 0.05) is 24.3 Å². The molecule has 0 saturated carbocycles. The molecule has 0 bridgehead atoms. The second kappa shape index (κ2) is 5.93. The first-order valence-electron chi connectivity index (χ1n) is 6.37. The number of rotatable bonds is 5. The zero-order valence-corrected chi connectivity index (χ0v) is 11.4. The second-order valence-corrected chi connectivity index (χ2v) is 4.59. The van der Waals surface area contributed by atoms with E-state index in [1.807, 2.05) is 13.8 Å². The van der Waals surface area contributed by atoms with Crippen molar-refractivity contribution in [3.63, 3.8) is 0 Å². The minimum atomic E-state index is -0.315. The molecule has 2 aromatic heterocycles. The van der Waals surface area contributed by atoms with Crippen LogP contribution in [0.15, 0.2) is 23.0 Å². The Kier molecular flexibility index (Phi) is 4.27. The second-order valence-electron chi connectivity index (χ2n) is 4.59. The van der Waals surface area contributed by atoms with Crippen LogP contribution in [0.2, 0.25) is 0 Å². The molecule has 0 aliphatic rings. The average molecular weight is 263 g/mol. The quantitative estimate of drug-likeness (QED) is 0.900. The van der Waals surface area contributed by atoms with Gasteiger partial charge in [-0.05, 0) is 31.9 Å². The van der Waals surface area contributed by atoms with Gasteiger partial charge in [-0.25, -0.2) is 4.39 Å². The van der Waals surface area contributed by atoms with E-state index in [4.69, 9.17) is 4.52 Å². The molecular weight excluding hydrogens is 245 g/mol. The van der Waals surface area contributed by atoms with Gasteiger partial charge < -0.3 is 9.84 Å². The van der Waals surface area contributed by atoms with Crippen LogP contribution < -0.4 is 5.32 Å². The van der Waals surface area contributed by atoms with Crippen LogP contribution in [0, 0.1) is 19.7 Å². The molecule has 2 aromatic rings. The molecule has 0 aromatic carbocycles. The van der Waals surface area contributed by atoms with Crippen molar-refractivity contribution in [3.05, 3.63) is 46.9 Å². The van der Waals surface area contributed by atoms with E-state index in [-0.39, 0.29) is 11.9 Å². The third kappa shape index (κ3) is 3.17. The number of nitrogens with one attached hydrogen (secondary N) is 1. The third-order valence-corrected chi connectivity index (χ3v) is 3.16. The number of pyridine rings is 1. The zero-order chi connectivity index (χ0) is 13.8. The van der Waals surface area contributed by atoms with Crippen molar-refractivity contribution in [1.29, 1.82) is 0 Å². The summed E-state index contributed by atoms with van der Waals surface area (Å²) in [5.74, 6) is 0.513. The minimum Gasteiger partial charge on any atom is -0.361 e. The Bertz CT molecular complexity index is 534. The van der Waals surface area contributed by atoms with E-state index in [0.717, 1.165) is 29.0 Å². The van der Waals surface area contributed by atoms with Gasteiger partial charge in [0.1, 0.15) is 11.6 Å². The number of aromatic nitrogens is 2. The highest BCUT2D eigenvalue weighted by atomic mass is 19.1. The molecule has 5 heteroatoms. The number of hydrogen-bond donors (Lipinski definition) is 1. The van der Waals surface area contributed by atoms with Gasteiger partial charge in [0.25, 0.3) is 0 Å². The molecule has 0 aliphatic carbocycles. The summed E-state index contributed by atoms with van der Waals surface area (Å²) >= 11 is 0. The van der Waals surface area contributed by atoms with Crippen LogP contribution in [0.3, 0.4) is 0 Å². The zero-order valence-electron chi connectivity index (χ0n) is 11.4. The summed E-state index contributed by atoms with van der Waals surface area (Å²) in [6.45, 7) is 6.49. The van der Waals surface area contributed by atoms with Gasteiger partial charge >= 0.3 is 0 Å². The van der Waals surface area contributed by atoms with Gasteiger partial charge in [-0.2, -0.15) is 0 Å². The Balaban J connectivity index is 2.08. The topological polar surface area (TPSA) is 51.0 Å². The molecule has 0 aliphatic heterocycles. The highest BCUT2D eigenvalue weighted by molar-refractivity contribution is 5.25. The average Bonchev–Trinajstić information content (AvgIpc) is 2.71. The summed E-state index contributed by atoms with van der Waals surface area (Å²) in [6.07, 6.45) is 3.77. The largest absolute Gasteiger partial charge is 0.361 e. The molecule has 4 nitrogen and oxygen atoms in total. The summed E-state index contributed by atoms with van der Waals surface area (Å²) in [6, 6.07) is 1.63. The molecule has 0 radical (unpaired) electrons. The lowest BCUT2D eigenvalue weighted by molar-refractivity contribution is 0.389. The van der Waals surface area contributed by atoms with Gasteiger partial charge in [0.15, 0.2) is 0 Å². The van der Waals surface area contributed by atoms with E-state index in [9.17, 15) is 4.39 Å². The molecule has 1 atom stereocenters. The molecule has 0 saturated heterocycles. The first-order chi connectivity index (χ1) is 9.11. The molecule has 2 rings (SSSR count). The van der Waals surface area contributed by atoms with Crippen molar-refractivity contribution in [2.45, 2.75) is 39.8 Å². The highest BCUT2D eigenvalue weighted by Gasteiger charge is 2.18. The van der Waals surface area contributed by atoms with E-state index < -0.39 is 0 Å². The fourth-order valence-corrected chi connectivity index (χ4v) is 2.23. The lowest BCUT2D eigenvalue weighted by atomic mass is 10.0. The Hall–Kier alpha value is -1.75. The summed E-state index contributed by atoms with van der Waals surface area (Å²) in [7, 11) is 0. The van der Waals surface area contributed by atoms with Crippen LogP contribution >= 0.6 is 0 Å². The maximum absolute atomic E-state index is 13.1. The van der Waals surface area contributed by atoms with Gasteiger partial charge in [0.2, 0.25) is 0 Å². The molecular formula is C14H18FN3O. The van der Waals surface area contributed by atoms with Gasteiger partial charge in [-0.15, -0.1) is 0 Å². The van der Waals surface area contributed by atoms with E-state index >= 15 is 0 Å². The lowest BCUT2D eigenvalue weighted by Crippen LogP contribution is -2.21. The first-order valence-corrected chi connectivity index (χ1v) is 6.37. The molecule has 0 unspecified atom stereocenters. The molecule has 1 N–H and O–H groups in total. The van der Waals surface area contributed by atoms with Crippen LogP contribution in [0.25, 0.3) is 0 Å². The molecule has 0 spiro atoms. The number of nitrogens with zero attached hydrogens (tertiary/aromatic N) is 2. The van der Waals surface area contributed by atoms with E-state index in [0.29, 0.717) is 6.54 Å². The number of aryl methyl sites for hydroxylation is 2. The van der Waals surface area contributed by atoms with Crippen molar-refractivity contribution in [2.75, 3.05) is 0 Å². The van der Waals surface area contributed by atoms with E-state index in [2.05, 4.69) is 22.4 Å². The SMILES string of the molecule is CC[C@@H](NCc1cncc(F)c1)c1c(C)noc1C.